The second-order valence-corrected chi connectivity index (χ2v) is 5.72. The lowest BCUT2D eigenvalue weighted by atomic mass is 10.1. The van der Waals surface area contributed by atoms with Crippen LogP contribution in [0.1, 0.15) is 46.9 Å². The molecule has 3 rings (SSSR count). The van der Waals surface area contributed by atoms with Crippen LogP contribution in [0.4, 0.5) is 0 Å². The van der Waals surface area contributed by atoms with Gasteiger partial charge in [0.15, 0.2) is 5.78 Å². The quantitative estimate of drug-likeness (QED) is 0.836. The van der Waals surface area contributed by atoms with Crippen molar-refractivity contribution in [1.82, 2.24) is 10.2 Å². The van der Waals surface area contributed by atoms with E-state index in [1.807, 2.05) is 0 Å². The maximum Gasteiger partial charge on any atom is 0.254 e. The Balaban J connectivity index is 1.83. The molecule has 4 heteroatoms. The number of carbonyl (C=O) groups excluding carboxylic acids is 2. The van der Waals surface area contributed by atoms with Gasteiger partial charge in [-0.1, -0.05) is 12.1 Å². The minimum Gasteiger partial charge on any atom is -0.331 e. The summed E-state index contributed by atoms with van der Waals surface area (Å²) in [6.45, 7) is 3.43. The van der Waals surface area contributed by atoms with Crippen LogP contribution in [0, 0.1) is 0 Å². The Morgan fingerprint density at radius 2 is 1.70 bits per heavy atom. The molecule has 20 heavy (non-hydrogen) atoms. The number of Topliss-reactive ketones (excluding diaryl/α,β-unsaturated/α-hetero) is 1. The van der Waals surface area contributed by atoms with Crippen LogP contribution in [-0.4, -0.2) is 41.8 Å². The molecule has 2 aliphatic heterocycles. The van der Waals surface area contributed by atoms with Gasteiger partial charge in [0.2, 0.25) is 0 Å². The maximum atomic E-state index is 12.7. The first-order valence-corrected chi connectivity index (χ1v) is 7.31. The summed E-state index contributed by atoms with van der Waals surface area (Å²) in [5.74, 6) is 0.138. The van der Waals surface area contributed by atoms with Gasteiger partial charge < -0.3 is 10.2 Å². The van der Waals surface area contributed by atoms with Gasteiger partial charge in [0.25, 0.3) is 5.91 Å². The molecule has 2 aliphatic rings. The average molecular weight is 272 g/mol. The number of hydrogen-bond donors (Lipinski definition) is 1. The van der Waals surface area contributed by atoms with Crippen LogP contribution < -0.4 is 5.32 Å². The Bertz CT molecular complexity index is 510. The third kappa shape index (κ3) is 2.36. The van der Waals surface area contributed by atoms with Gasteiger partial charge in [-0.3, -0.25) is 9.59 Å². The van der Waals surface area contributed by atoms with Gasteiger partial charge in [-0.15, -0.1) is 0 Å². The molecule has 106 valence electrons. The van der Waals surface area contributed by atoms with Crippen molar-refractivity contribution in [2.75, 3.05) is 13.1 Å². The lowest BCUT2D eigenvalue weighted by Crippen LogP contribution is -2.42. The van der Waals surface area contributed by atoms with Crippen molar-refractivity contribution in [1.29, 1.82) is 0 Å². The fraction of sp³-hybridized carbons (Fsp3) is 0.500. The Hall–Kier alpha value is -1.68. The second-order valence-electron chi connectivity index (χ2n) is 5.72. The average Bonchev–Trinajstić information content (AvgIpc) is 2.71. The number of nitrogens with one attached hydrogen (secondary N) is 1. The Kier molecular flexibility index (Phi) is 3.57. The smallest absolute Gasteiger partial charge is 0.254 e. The van der Waals surface area contributed by atoms with Crippen LogP contribution in [0.5, 0.6) is 0 Å². The largest absolute Gasteiger partial charge is 0.331 e. The number of ketones is 1. The molecular weight excluding hydrogens is 252 g/mol. The molecule has 4 nitrogen and oxygen atoms in total. The van der Waals surface area contributed by atoms with Crippen LogP contribution in [0.2, 0.25) is 0 Å². The highest BCUT2D eigenvalue weighted by atomic mass is 16.2. The van der Waals surface area contributed by atoms with Gasteiger partial charge in [-0.2, -0.15) is 0 Å². The number of nitrogens with zero attached hydrogens (tertiary/aromatic N) is 1. The Morgan fingerprint density at radius 1 is 1.05 bits per heavy atom. The molecule has 2 fully saturated rings. The van der Waals surface area contributed by atoms with E-state index in [0.29, 0.717) is 23.2 Å². The van der Waals surface area contributed by atoms with Gasteiger partial charge in [-0.05, 0) is 44.9 Å². The summed E-state index contributed by atoms with van der Waals surface area (Å²) >= 11 is 0. The van der Waals surface area contributed by atoms with Crippen molar-refractivity contribution in [3.05, 3.63) is 35.4 Å². The van der Waals surface area contributed by atoms with E-state index in [1.165, 1.54) is 6.92 Å². The third-order valence-electron chi connectivity index (χ3n) is 4.43. The number of rotatable bonds is 2. The van der Waals surface area contributed by atoms with E-state index in [1.54, 1.807) is 24.3 Å². The Labute approximate surface area is 119 Å². The summed E-state index contributed by atoms with van der Waals surface area (Å²) < 4.78 is 0. The molecule has 0 saturated carbocycles. The van der Waals surface area contributed by atoms with Crippen molar-refractivity contribution in [3.8, 4) is 0 Å². The number of amides is 1. The van der Waals surface area contributed by atoms with Crippen LogP contribution in [0.3, 0.4) is 0 Å². The fourth-order valence-electron chi connectivity index (χ4n) is 3.31. The summed E-state index contributed by atoms with van der Waals surface area (Å²) in [5, 5.41) is 3.40. The van der Waals surface area contributed by atoms with Crippen LogP contribution >= 0.6 is 0 Å². The van der Waals surface area contributed by atoms with E-state index in [0.717, 1.165) is 32.4 Å². The van der Waals surface area contributed by atoms with E-state index in [-0.39, 0.29) is 11.7 Å². The molecule has 2 atom stereocenters. The number of carbonyl (C=O) groups is 2. The Morgan fingerprint density at radius 3 is 2.40 bits per heavy atom. The van der Waals surface area contributed by atoms with Crippen molar-refractivity contribution in [2.24, 2.45) is 0 Å². The van der Waals surface area contributed by atoms with Gasteiger partial charge >= 0.3 is 0 Å². The maximum absolute atomic E-state index is 12.7. The summed E-state index contributed by atoms with van der Waals surface area (Å²) in [6.07, 6.45) is 3.24. The molecule has 1 aromatic carbocycles. The molecule has 1 N–H and O–H groups in total. The lowest BCUT2D eigenvalue weighted by Gasteiger charge is -2.28. The first-order chi connectivity index (χ1) is 9.66. The third-order valence-corrected chi connectivity index (χ3v) is 4.43. The number of benzene rings is 1. The standard InChI is InChI=1S/C16H20N2O2/c1-11(19)12-2-4-13(5-3-12)16(20)18-14-6-7-15(18)10-17-9-8-14/h2-5,14-15,17H,6-10H2,1H3. The summed E-state index contributed by atoms with van der Waals surface area (Å²) in [4.78, 5) is 26.1. The monoisotopic (exact) mass is 272 g/mol. The molecule has 2 bridgehead atoms. The highest BCUT2D eigenvalue weighted by Gasteiger charge is 2.38. The molecule has 2 saturated heterocycles. The van der Waals surface area contributed by atoms with Crippen LogP contribution in [0.25, 0.3) is 0 Å². The second kappa shape index (κ2) is 5.37. The molecule has 0 spiro atoms. The van der Waals surface area contributed by atoms with Gasteiger partial charge in [-0.25, -0.2) is 0 Å². The summed E-state index contributed by atoms with van der Waals surface area (Å²) in [5.41, 5.74) is 1.34. The minimum atomic E-state index is 0.0306. The number of hydrogen-bond acceptors (Lipinski definition) is 3. The lowest BCUT2D eigenvalue weighted by molar-refractivity contribution is 0.0680. The van der Waals surface area contributed by atoms with Gasteiger partial charge in [0, 0.05) is 29.8 Å². The van der Waals surface area contributed by atoms with Crippen molar-refractivity contribution < 1.29 is 9.59 Å². The van der Waals surface area contributed by atoms with E-state index < -0.39 is 0 Å². The normalized spacial score (nSPS) is 25.4. The van der Waals surface area contributed by atoms with Crippen molar-refractivity contribution in [3.63, 3.8) is 0 Å². The van der Waals surface area contributed by atoms with E-state index >= 15 is 0 Å². The summed E-state index contributed by atoms with van der Waals surface area (Å²) in [7, 11) is 0. The van der Waals surface area contributed by atoms with Crippen LogP contribution in [-0.2, 0) is 0 Å². The summed E-state index contributed by atoms with van der Waals surface area (Å²) in [6, 6.07) is 7.73. The highest BCUT2D eigenvalue weighted by molar-refractivity contribution is 5.98. The molecule has 1 amide bonds. The zero-order valence-corrected chi connectivity index (χ0v) is 11.8. The molecule has 2 unspecified atom stereocenters. The van der Waals surface area contributed by atoms with Crippen molar-refractivity contribution in [2.45, 2.75) is 38.3 Å². The molecule has 0 radical (unpaired) electrons. The minimum absolute atomic E-state index is 0.0306. The molecular formula is C16H20N2O2. The van der Waals surface area contributed by atoms with Gasteiger partial charge in [0.05, 0.1) is 0 Å². The molecule has 0 aromatic heterocycles. The first kappa shape index (κ1) is 13.3. The van der Waals surface area contributed by atoms with Crippen LogP contribution in [0.15, 0.2) is 24.3 Å². The van der Waals surface area contributed by atoms with Gasteiger partial charge in [0.1, 0.15) is 0 Å². The zero-order valence-electron chi connectivity index (χ0n) is 11.8. The van der Waals surface area contributed by atoms with Crippen molar-refractivity contribution >= 4 is 11.7 Å². The van der Waals surface area contributed by atoms with E-state index in [9.17, 15) is 9.59 Å². The number of fused-ring (bicyclic) bond motifs is 2. The van der Waals surface area contributed by atoms with E-state index in [4.69, 9.17) is 0 Å². The first-order valence-electron chi connectivity index (χ1n) is 7.31. The topological polar surface area (TPSA) is 49.4 Å². The fourth-order valence-corrected chi connectivity index (χ4v) is 3.31. The molecule has 2 heterocycles. The molecule has 1 aromatic rings. The predicted molar refractivity (Wildman–Crippen MR) is 76.9 cm³/mol. The molecule has 0 aliphatic carbocycles. The van der Waals surface area contributed by atoms with E-state index in [2.05, 4.69) is 10.2 Å². The zero-order chi connectivity index (χ0) is 14.1. The predicted octanol–water partition coefficient (Wildman–Crippen LogP) is 1.86. The SMILES string of the molecule is CC(=O)c1ccc(C(=O)N2C3CCNCC2CC3)cc1. The highest BCUT2D eigenvalue weighted by Crippen LogP contribution is 2.29.